The van der Waals surface area contributed by atoms with Gasteiger partial charge in [-0.1, -0.05) is 0 Å². The Bertz CT molecular complexity index is 553. The zero-order valence-corrected chi connectivity index (χ0v) is 12.2. The molecular weight excluding hydrogens is 260 g/mol. The molecule has 110 valence electrons. The van der Waals surface area contributed by atoms with Gasteiger partial charge in [0.15, 0.2) is 0 Å². The molecule has 0 unspecified atom stereocenters. The standard InChI is InChI=1S/C14H20N2O4/c1-9-5-10(6-12(17)19-9)20-11-7-16(8-11)13(18)15-14(2,3)4/h5-6,11H,7-8H2,1-4H3,(H,15,18). The molecule has 2 amide bonds. The number of likely N-dealkylation sites (tertiary alicyclic amines) is 1. The second-order valence-electron chi connectivity index (χ2n) is 6.05. The molecule has 20 heavy (non-hydrogen) atoms. The van der Waals surface area contributed by atoms with Crippen molar-refractivity contribution >= 4 is 6.03 Å². The van der Waals surface area contributed by atoms with Crippen molar-refractivity contribution < 1.29 is 13.9 Å². The van der Waals surface area contributed by atoms with E-state index in [-0.39, 0.29) is 17.7 Å². The molecule has 1 N–H and O–H groups in total. The number of nitrogens with zero attached hydrogens (tertiary/aromatic N) is 1. The first kappa shape index (κ1) is 14.4. The first-order valence-corrected chi connectivity index (χ1v) is 6.58. The molecule has 1 aromatic rings. The van der Waals surface area contributed by atoms with E-state index in [1.54, 1.807) is 17.9 Å². The third kappa shape index (κ3) is 3.76. The van der Waals surface area contributed by atoms with Crippen LogP contribution in [0.15, 0.2) is 21.3 Å². The SMILES string of the molecule is Cc1cc(OC2CN(C(=O)NC(C)(C)C)C2)cc(=O)o1. The molecule has 1 fully saturated rings. The molecule has 2 heterocycles. The summed E-state index contributed by atoms with van der Waals surface area (Å²) in [6, 6.07) is 2.88. The maximum Gasteiger partial charge on any atom is 0.339 e. The van der Waals surface area contributed by atoms with Crippen molar-refractivity contribution in [3.63, 3.8) is 0 Å². The molecular formula is C14H20N2O4. The molecule has 0 spiro atoms. The van der Waals surface area contributed by atoms with Gasteiger partial charge < -0.3 is 19.4 Å². The predicted molar refractivity (Wildman–Crippen MR) is 74.0 cm³/mol. The molecule has 0 atom stereocenters. The van der Waals surface area contributed by atoms with Gasteiger partial charge in [0.05, 0.1) is 19.2 Å². The molecule has 6 heteroatoms. The Labute approximate surface area is 117 Å². The van der Waals surface area contributed by atoms with Crippen LogP contribution in [0.4, 0.5) is 4.79 Å². The Morgan fingerprint density at radius 3 is 2.60 bits per heavy atom. The number of urea groups is 1. The van der Waals surface area contributed by atoms with E-state index in [4.69, 9.17) is 9.15 Å². The van der Waals surface area contributed by atoms with Gasteiger partial charge in [-0.3, -0.25) is 0 Å². The Balaban J connectivity index is 1.85. The minimum Gasteiger partial charge on any atom is -0.486 e. The fraction of sp³-hybridized carbons (Fsp3) is 0.571. The van der Waals surface area contributed by atoms with Crippen LogP contribution in [0.1, 0.15) is 26.5 Å². The van der Waals surface area contributed by atoms with Crippen LogP contribution in [-0.4, -0.2) is 35.7 Å². The second-order valence-corrected chi connectivity index (χ2v) is 6.05. The zero-order valence-electron chi connectivity index (χ0n) is 12.2. The van der Waals surface area contributed by atoms with Crippen molar-refractivity contribution in [1.82, 2.24) is 10.2 Å². The molecule has 2 rings (SSSR count). The van der Waals surface area contributed by atoms with Crippen LogP contribution in [0.25, 0.3) is 0 Å². The highest BCUT2D eigenvalue weighted by Gasteiger charge is 2.33. The molecule has 6 nitrogen and oxygen atoms in total. The Hall–Kier alpha value is -1.98. The first-order valence-electron chi connectivity index (χ1n) is 6.58. The lowest BCUT2D eigenvalue weighted by molar-refractivity contribution is 0.0418. The number of carbonyl (C=O) groups is 1. The second kappa shape index (κ2) is 5.19. The minimum atomic E-state index is -0.429. The molecule has 1 aliphatic heterocycles. The first-order chi connectivity index (χ1) is 9.23. The van der Waals surface area contributed by atoms with Crippen LogP contribution in [-0.2, 0) is 0 Å². The van der Waals surface area contributed by atoms with E-state index in [1.165, 1.54) is 6.07 Å². The Morgan fingerprint density at radius 2 is 2.05 bits per heavy atom. The number of carbonyl (C=O) groups excluding carboxylic acids is 1. The minimum absolute atomic E-state index is 0.0816. The molecule has 0 saturated carbocycles. The van der Waals surface area contributed by atoms with Gasteiger partial charge in [0.1, 0.15) is 17.6 Å². The monoisotopic (exact) mass is 280 g/mol. The van der Waals surface area contributed by atoms with Gasteiger partial charge >= 0.3 is 11.7 Å². The maximum absolute atomic E-state index is 11.8. The van der Waals surface area contributed by atoms with Crippen LogP contribution in [0.3, 0.4) is 0 Å². The van der Waals surface area contributed by atoms with Crippen LogP contribution in [0.2, 0.25) is 0 Å². The van der Waals surface area contributed by atoms with Gasteiger partial charge in [-0.05, 0) is 27.7 Å². The average molecular weight is 280 g/mol. The van der Waals surface area contributed by atoms with Gasteiger partial charge in [0, 0.05) is 11.6 Å². The largest absolute Gasteiger partial charge is 0.486 e. The van der Waals surface area contributed by atoms with Crippen LogP contribution in [0, 0.1) is 6.92 Å². The summed E-state index contributed by atoms with van der Waals surface area (Å²) in [5.41, 5.74) is -0.680. The quantitative estimate of drug-likeness (QED) is 0.891. The third-order valence-electron chi connectivity index (χ3n) is 2.79. The summed E-state index contributed by atoms with van der Waals surface area (Å²) in [7, 11) is 0. The van der Waals surface area contributed by atoms with E-state index in [1.807, 2.05) is 20.8 Å². The fourth-order valence-corrected chi connectivity index (χ4v) is 1.91. The Kier molecular flexibility index (Phi) is 3.74. The molecule has 1 aromatic heterocycles. The smallest absolute Gasteiger partial charge is 0.339 e. The summed E-state index contributed by atoms with van der Waals surface area (Å²) in [5.74, 6) is 0.994. The van der Waals surface area contributed by atoms with Gasteiger partial charge in [0.2, 0.25) is 0 Å². The number of rotatable bonds is 2. The molecule has 1 saturated heterocycles. The van der Waals surface area contributed by atoms with Gasteiger partial charge in [-0.25, -0.2) is 9.59 Å². The van der Waals surface area contributed by atoms with Crippen LogP contribution >= 0.6 is 0 Å². The number of amides is 2. The van der Waals surface area contributed by atoms with E-state index in [2.05, 4.69) is 5.32 Å². The van der Waals surface area contributed by atoms with Gasteiger partial charge in [-0.2, -0.15) is 0 Å². The molecule has 0 bridgehead atoms. The van der Waals surface area contributed by atoms with E-state index >= 15 is 0 Å². The van der Waals surface area contributed by atoms with Crippen molar-refractivity contribution in [3.8, 4) is 5.75 Å². The normalized spacial score (nSPS) is 15.7. The summed E-state index contributed by atoms with van der Waals surface area (Å²) in [6.07, 6.45) is -0.0816. The summed E-state index contributed by atoms with van der Waals surface area (Å²) >= 11 is 0. The highest BCUT2D eigenvalue weighted by Crippen LogP contribution is 2.18. The van der Waals surface area contributed by atoms with Gasteiger partial charge in [-0.15, -0.1) is 0 Å². The molecule has 0 aromatic carbocycles. The van der Waals surface area contributed by atoms with E-state index in [0.29, 0.717) is 24.6 Å². The lowest BCUT2D eigenvalue weighted by Gasteiger charge is -2.40. The third-order valence-corrected chi connectivity index (χ3v) is 2.79. The Morgan fingerprint density at radius 1 is 1.40 bits per heavy atom. The van der Waals surface area contributed by atoms with Crippen LogP contribution < -0.4 is 15.7 Å². The average Bonchev–Trinajstić information content (AvgIpc) is 2.18. The molecule has 0 radical (unpaired) electrons. The van der Waals surface area contributed by atoms with Crippen LogP contribution in [0.5, 0.6) is 5.75 Å². The van der Waals surface area contributed by atoms with Crippen molar-refractivity contribution in [2.24, 2.45) is 0 Å². The maximum atomic E-state index is 11.8. The summed E-state index contributed by atoms with van der Waals surface area (Å²) in [5, 5.41) is 2.89. The molecule has 0 aliphatic carbocycles. The zero-order chi connectivity index (χ0) is 14.9. The lowest BCUT2D eigenvalue weighted by Crippen LogP contribution is -2.61. The van der Waals surface area contributed by atoms with E-state index in [0.717, 1.165) is 0 Å². The molecule has 1 aliphatic rings. The number of hydrogen-bond donors (Lipinski definition) is 1. The fourth-order valence-electron chi connectivity index (χ4n) is 1.91. The topological polar surface area (TPSA) is 71.8 Å². The summed E-state index contributed by atoms with van der Waals surface area (Å²) in [4.78, 5) is 24.7. The summed E-state index contributed by atoms with van der Waals surface area (Å²) < 4.78 is 10.5. The number of aryl methyl sites for hydroxylation is 1. The van der Waals surface area contributed by atoms with E-state index < -0.39 is 5.63 Å². The number of nitrogens with one attached hydrogen (secondary N) is 1. The number of ether oxygens (including phenoxy) is 1. The van der Waals surface area contributed by atoms with Crippen molar-refractivity contribution in [3.05, 3.63) is 28.3 Å². The van der Waals surface area contributed by atoms with Crippen molar-refractivity contribution in [2.75, 3.05) is 13.1 Å². The number of hydrogen-bond acceptors (Lipinski definition) is 4. The van der Waals surface area contributed by atoms with Crippen molar-refractivity contribution in [2.45, 2.75) is 39.3 Å². The van der Waals surface area contributed by atoms with Gasteiger partial charge in [0.25, 0.3) is 0 Å². The lowest BCUT2D eigenvalue weighted by atomic mass is 10.1. The predicted octanol–water partition coefficient (Wildman–Crippen LogP) is 1.52. The highest BCUT2D eigenvalue weighted by atomic mass is 16.5. The van der Waals surface area contributed by atoms with E-state index in [9.17, 15) is 9.59 Å². The van der Waals surface area contributed by atoms with Crippen molar-refractivity contribution in [1.29, 1.82) is 0 Å². The summed E-state index contributed by atoms with van der Waals surface area (Å²) in [6.45, 7) is 8.53. The highest BCUT2D eigenvalue weighted by molar-refractivity contribution is 5.75.